The zero-order valence-corrected chi connectivity index (χ0v) is 3.54. The van der Waals surface area contributed by atoms with Crippen molar-refractivity contribution in [3.63, 3.8) is 0 Å². The minimum atomic E-state index is -4.64. The Labute approximate surface area is 35.3 Å². The lowest BCUT2D eigenvalue weighted by molar-refractivity contribution is 0.275. The molecular formula is H5O5P. The van der Waals surface area contributed by atoms with Gasteiger partial charge in [0.1, 0.15) is 0 Å². The van der Waals surface area contributed by atoms with Gasteiger partial charge in [-0.1, -0.05) is 0 Å². The van der Waals surface area contributed by atoms with Crippen molar-refractivity contribution in [2.45, 2.75) is 0 Å². The summed E-state index contributed by atoms with van der Waals surface area (Å²) in [5.41, 5.74) is 6.25. The molecular weight excluding hydrogens is 111 g/mol. The van der Waals surface area contributed by atoms with Crippen LogP contribution in [0.4, 0.5) is 0 Å². The van der Waals surface area contributed by atoms with Gasteiger partial charge in [-0.25, -0.2) is 4.57 Å². The van der Waals surface area contributed by atoms with Crippen LogP contribution in [0, 0.1) is 0 Å². The van der Waals surface area contributed by atoms with E-state index in [9.17, 15) is 0 Å². The van der Waals surface area contributed by atoms with Gasteiger partial charge in [0.2, 0.25) is 1.43 Å². The monoisotopic (exact) mass is 117 g/mol. The number of hydrogen-bond acceptors (Lipinski definition) is 1. The quantitative estimate of drug-likeness (QED) is 0.326. The summed E-state index contributed by atoms with van der Waals surface area (Å²) in [4.78, 5) is 21.6. The van der Waals surface area contributed by atoms with E-state index >= 15 is 0 Å². The van der Waals surface area contributed by atoms with E-state index in [-0.39, 0.29) is 0 Å². The third-order valence-electron chi connectivity index (χ3n) is 0. The highest BCUT2D eigenvalue weighted by Crippen LogP contribution is 2.25. The predicted octanol–water partition coefficient (Wildman–Crippen LogP) is -1.75. The highest BCUT2D eigenvalue weighted by Gasteiger charge is 2.00. The predicted molar refractivity (Wildman–Crippen MR) is 17.9 cm³/mol. The van der Waals surface area contributed by atoms with E-state index in [0.717, 1.165) is 0 Å². The molecule has 0 aromatic heterocycles. The van der Waals surface area contributed by atoms with Gasteiger partial charge in [-0.3, -0.25) is 0 Å². The maximum Gasteiger partial charge on any atom is 0.466 e. The fourth-order valence-corrected chi connectivity index (χ4v) is 0. The molecule has 0 rings (SSSR count). The lowest BCUT2D eigenvalue weighted by atomic mass is 15.8. The Morgan fingerprint density at radius 3 is 1.50 bits per heavy atom. The van der Waals surface area contributed by atoms with Crippen LogP contribution in [0.1, 0.15) is 1.43 Å². The van der Waals surface area contributed by atoms with E-state index in [0.29, 0.717) is 0 Å². The van der Waals surface area contributed by atoms with Gasteiger partial charge in [-0.15, -0.1) is 0 Å². The van der Waals surface area contributed by atoms with E-state index in [1.807, 2.05) is 0 Å². The molecule has 5 nitrogen and oxygen atoms in total. The summed E-state index contributed by atoms with van der Waals surface area (Å²) in [6.45, 7) is 0. The Balaban J connectivity index is 0. The van der Waals surface area contributed by atoms with Crippen molar-refractivity contribution in [3.05, 3.63) is 0 Å². The second-order valence-electron chi connectivity index (χ2n) is 0.513. The minimum Gasteiger partial charge on any atom is -0.412 e. The molecule has 0 amide bonds. The van der Waals surface area contributed by atoms with Gasteiger partial charge in [-0.2, -0.15) is 0 Å². The summed E-state index contributed by atoms with van der Waals surface area (Å²) < 4.78 is 13.6. The second-order valence-corrected chi connectivity index (χ2v) is 1.54. The maximum absolute atomic E-state index is 8.88. The summed E-state index contributed by atoms with van der Waals surface area (Å²) >= 11 is 0. The van der Waals surface area contributed by atoms with E-state index in [1.54, 1.807) is 0 Å². The molecule has 0 fully saturated rings. The molecule has 0 aromatic rings. The zero-order valence-electron chi connectivity index (χ0n) is 3.64. The highest BCUT2D eigenvalue weighted by molar-refractivity contribution is 7.45. The molecule has 6 heavy (non-hydrogen) atoms. The fraction of sp³-hybridized carbons (Fsp3) is 0. The van der Waals surface area contributed by atoms with Crippen molar-refractivity contribution < 1.29 is 26.2 Å². The van der Waals surface area contributed by atoms with Crippen molar-refractivity contribution in [3.8, 4) is 0 Å². The highest BCUT2D eigenvalue weighted by atomic mass is 31.2. The van der Waals surface area contributed by atoms with Crippen molar-refractivity contribution in [2.24, 2.45) is 0 Å². The van der Waals surface area contributed by atoms with Gasteiger partial charge in [0.05, 0.1) is 0 Å². The van der Waals surface area contributed by atoms with Crippen LogP contribution < -0.4 is 0 Å². The summed E-state index contributed by atoms with van der Waals surface area (Å²) in [5.74, 6) is 0. The molecule has 0 aliphatic carbocycles. The third kappa shape index (κ3) is 7830. The molecule has 0 atom stereocenters. The molecule has 0 radical (unpaired) electrons. The average Bonchev–Trinajstić information content (AvgIpc) is 1.36. The van der Waals surface area contributed by atoms with Gasteiger partial charge in [-0.05, 0) is 0 Å². The van der Waals surface area contributed by atoms with Gasteiger partial charge in [0.25, 0.3) is 0 Å². The van der Waals surface area contributed by atoms with Crippen molar-refractivity contribution in [1.82, 2.24) is 0 Å². The van der Waals surface area contributed by atoms with Gasteiger partial charge >= 0.3 is 7.82 Å². The molecule has 0 aromatic carbocycles. The van der Waals surface area contributed by atoms with Crippen LogP contribution in [-0.2, 0) is 4.57 Å². The zero-order chi connectivity index (χ0) is 6.50. The Morgan fingerprint density at radius 1 is 1.50 bits per heavy atom. The maximum atomic E-state index is 8.88. The topological polar surface area (TPSA) is 109 Å². The smallest absolute Gasteiger partial charge is 0.412 e. The lowest BCUT2D eigenvalue weighted by Gasteiger charge is -1.82. The molecule has 40 valence electrons. The molecule has 6 heteroatoms. The molecule has 5 N–H and O–H groups in total. The first-order chi connectivity index (χ1) is 3.00. The van der Waals surface area contributed by atoms with Gasteiger partial charge in [0.15, 0.2) is 0 Å². The summed E-state index contributed by atoms with van der Waals surface area (Å²) in [6.07, 6.45) is 0. The largest absolute Gasteiger partial charge is 0.466 e. The minimum absolute atomic E-state index is 4.64. The fourth-order valence-electron chi connectivity index (χ4n) is 0. The molecule has 0 spiro atoms. The summed E-state index contributed by atoms with van der Waals surface area (Å²) in [7, 11) is -4.64. The van der Waals surface area contributed by atoms with Crippen molar-refractivity contribution in [2.75, 3.05) is 0 Å². The summed E-state index contributed by atoms with van der Waals surface area (Å²) in [6, 6.07) is 0. The van der Waals surface area contributed by atoms with Gasteiger partial charge in [0, 0.05) is 0 Å². The summed E-state index contributed by atoms with van der Waals surface area (Å²) in [5, 5.41) is 0. The lowest BCUT2D eigenvalue weighted by Crippen LogP contribution is -1.66. The first kappa shape index (κ1) is 6.07. The van der Waals surface area contributed by atoms with E-state index in [2.05, 4.69) is 0 Å². The van der Waals surface area contributed by atoms with Crippen molar-refractivity contribution >= 4 is 7.82 Å². The van der Waals surface area contributed by atoms with E-state index in [4.69, 9.17) is 26.2 Å². The molecule has 0 saturated carbocycles. The number of phosphoric acid groups is 1. The molecule has 0 saturated heterocycles. The van der Waals surface area contributed by atoms with E-state index < -0.39 is 7.82 Å². The Bertz CT molecular complexity index is 54.2. The van der Waals surface area contributed by atoms with Crippen LogP contribution in [0.25, 0.3) is 0 Å². The molecule has 0 aliphatic heterocycles. The van der Waals surface area contributed by atoms with Crippen LogP contribution in [0.3, 0.4) is 0 Å². The average molecular weight is 117 g/mol. The van der Waals surface area contributed by atoms with E-state index in [1.165, 1.54) is 0 Å². The van der Waals surface area contributed by atoms with Crippen LogP contribution in [0.2, 0.25) is 0 Å². The van der Waals surface area contributed by atoms with Crippen LogP contribution in [-0.4, -0.2) is 20.2 Å². The standard InChI is InChI=1S/H3O4P.H2O/c1-5(2,3)4;/h(H3,1,2,3,4);1H2/i/hD. The molecule has 0 unspecified atom stereocenters. The van der Waals surface area contributed by atoms with Crippen LogP contribution in [0.5, 0.6) is 0 Å². The van der Waals surface area contributed by atoms with Gasteiger partial charge < -0.3 is 20.2 Å². The van der Waals surface area contributed by atoms with Crippen LogP contribution >= 0.6 is 7.82 Å². The molecule has 0 bridgehead atoms. The first-order valence-corrected chi connectivity index (χ1v) is 2.35. The third-order valence-corrected chi connectivity index (χ3v) is 0. The number of hydrogen-bond donors (Lipinski definition) is 3. The SMILES string of the molecule is O=P(O)(O)O.[2H]O. The van der Waals surface area contributed by atoms with Crippen LogP contribution in [0.15, 0.2) is 0 Å². The Hall–Kier alpha value is 0.0700. The first-order valence-electron chi connectivity index (χ1n) is 1.23. The second kappa shape index (κ2) is 2.28. The molecule has 0 heterocycles. The van der Waals surface area contributed by atoms with Crippen molar-refractivity contribution in [1.29, 1.82) is 0 Å². The molecule has 0 aliphatic rings. The Morgan fingerprint density at radius 2 is 1.50 bits per heavy atom. The Kier molecular flexibility index (Phi) is 2.31. The number of rotatable bonds is 0. The normalized spacial score (nSPS) is 11.0.